The van der Waals surface area contributed by atoms with Crippen molar-refractivity contribution in [2.45, 2.75) is 37.5 Å². The molecular formula is C12H20N2O4S. The molecule has 1 aliphatic carbocycles. The molecule has 0 radical (unpaired) electrons. The van der Waals surface area contributed by atoms with E-state index < -0.39 is 10.0 Å². The maximum absolute atomic E-state index is 12.0. The van der Waals surface area contributed by atoms with Crippen LogP contribution in [0.4, 0.5) is 5.69 Å². The van der Waals surface area contributed by atoms with Gasteiger partial charge in [-0.3, -0.25) is 10.7 Å². The number of nitrogens with one attached hydrogen (secondary N) is 2. The van der Waals surface area contributed by atoms with E-state index in [1.165, 1.54) is 0 Å². The summed E-state index contributed by atoms with van der Waals surface area (Å²) in [6.45, 7) is 0. The fourth-order valence-electron chi connectivity index (χ4n) is 2.29. The third kappa shape index (κ3) is 4.79. The van der Waals surface area contributed by atoms with E-state index in [2.05, 4.69) is 4.72 Å². The highest BCUT2D eigenvalue weighted by atomic mass is 32.2. The maximum atomic E-state index is 12.0. The molecule has 2 rings (SSSR count). The average molecular weight is 288 g/mol. The molecule has 0 amide bonds. The van der Waals surface area contributed by atoms with Gasteiger partial charge >= 0.3 is 0 Å². The summed E-state index contributed by atoms with van der Waals surface area (Å²) in [5.41, 5.74) is 3.15. The van der Waals surface area contributed by atoms with Crippen molar-refractivity contribution in [3.63, 3.8) is 0 Å². The van der Waals surface area contributed by atoms with E-state index in [0.717, 1.165) is 25.7 Å². The van der Waals surface area contributed by atoms with E-state index in [9.17, 15) is 8.42 Å². The molecule has 1 aromatic rings. The Labute approximate surface area is 113 Å². The molecule has 6 nitrogen and oxygen atoms in total. The molecular weight excluding hydrogens is 268 g/mol. The lowest BCUT2D eigenvalue weighted by atomic mass is 10.2. The molecule has 19 heavy (non-hydrogen) atoms. The van der Waals surface area contributed by atoms with E-state index in [-0.39, 0.29) is 17.3 Å². The molecule has 7 heteroatoms. The van der Waals surface area contributed by atoms with Gasteiger partial charge < -0.3 is 5.48 Å². The van der Waals surface area contributed by atoms with Gasteiger partial charge in [0.15, 0.2) is 0 Å². The van der Waals surface area contributed by atoms with Crippen LogP contribution in [0.25, 0.3) is 0 Å². The third-order valence-electron chi connectivity index (χ3n) is 3.11. The maximum Gasteiger partial charge on any atom is 0.216 e. The first-order valence-electron chi connectivity index (χ1n) is 6.08. The Morgan fingerprint density at radius 1 is 1.26 bits per heavy atom. The molecule has 0 saturated heterocycles. The molecule has 0 bridgehead atoms. The number of hydrogen-bond donors (Lipinski definition) is 3. The molecule has 1 aliphatic rings. The van der Waals surface area contributed by atoms with Crippen molar-refractivity contribution >= 4 is 15.7 Å². The topological polar surface area (TPSA) is 110 Å². The van der Waals surface area contributed by atoms with Crippen LogP contribution in [-0.2, 0) is 15.8 Å². The molecule has 0 atom stereocenters. The molecule has 5 N–H and O–H groups in total. The van der Waals surface area contributed by atoms with Gasteiger partial charge in [0, 0.05) is 6.04 Å². The number of rotatable bonds is 5. The van der Waals surface area contributed by atoms with Crippen LogP contribution in [0.5, 0.6) is 0 Å². The highest BCUT2D eigenvalue weighted by Gasteiger charge is 2.21. The lowest BCUT2D eigenvalue weighted by molar-refractivity contribution is 0.389. The van der Waals surface area contributed by atoms with Crippen LogP contribution < -0.4 is 10.2 Å². The van der Waals surface area contributed by atoms with Crippen molar-refractivity contribution in [1.82, 2.24) is 4.72 Å². The van der Waals surface area contributed by atoms with Crippen molar-refractivity contribution in [2.24, 2.45) is 0 Å². The lowest BCUT2D eigenvalue weighted by Crippen LogP contribution is -2.33. The molecule has 0 unspecified atom stereocenters. The van der Waals surface area contributed by atoms with Gasteiger partial charge in [-0.1, -0.05) is 25.0 Å². The van der Waals surface area contributed by atoms with E-state index in [1.54, 1.807) is 24.3 Å². The molecule has 0 spiro atoms. The van der Waals surface area contributed by atoms with Crippen LogP contribution in [0.2, 0.25) is 0 Å². The molecule has 0 aromatic heterocycles. The number of hydrogen-bond acceptors (Lipinski definition) is 4. The fraction of sp³-hybridized carbons (Fsp3) is 0.500. The zero-order valence-electron chi connectivity index (χ0n) is 10.6. The van der Waals surface area contributed by atoms with Gasteiger partial charge in [-0.15, -0.1) is 0 Å². The van der Waals surface area contributed by atoms with Crippen molar-refractivity contribution in [1.29, 1.82) is 0 Å². The molecule has 108 valence electrons. The van der Waals surface area contributed by atoms with Gasteiger partial charge in [-0.2, -0.15) is 0 Å². The minimum absolute atomic E-state index is 0. The number of benzene rings is 1. The standard InChI is InChI=1S/C12H18N2O3S.H2O/c15-13-12-7-3-4-10(8-12)9-18(16,17)14-11-5-1-2-6-11;/h3-4,7-8,11,13-15H,1-2,5-6,9H2;1H2. The number of sulfonamides is 1. The quantitative estimate of drug-likeness (QED) is 0.703. The second-order valence-corrected chi connectivity index (χ2v) is 6.42. The SMILES string of the molecule is O.O=S(=O)(Cc1cccc(NO)c1)NC1CCCC1. The van der Waals surface area contributed by atoms with Crippen LogP contribution in [0.15, 0.2) is 24.3 Å². The van der Waals surface area contributed by atoms with Crippen molar-refractivity contribution in [3.8, 4) is 0 Å². The van der Waals surface area contributed by atoms with Gasteiger partial charge in [-0.25, -0.2) is 13.1 Å². The first kappa shape index (κ1) is 15.9. The van der Waals surface area contributed by atoms with Crippen molar-refractivity contribution in [2.75, 3.05) is 5.48 Å². The summed E-state index contributed by atoms with van der Waals surface area (Å²) in [5.74, 6) is -0.0565. The van der Waals surface area contributed by atoms with E-state index >= 15 is 0 Å². The van der Waals surface area contributed by atoms with Gasteiger partial charge in [-0.05, 0) is 30.5 Å². The average Bonchev–Trinajstić information content (AvgIpc) is 2.80. The van der Waals surface area contributed by atoms with Gasteiger partial charge in [0.05, 0.1) is 11.4 Å². The highest BCUT2D eigenvalue weighted by molar-refractivity contribution is 7.88. The highest BCUT2D eigenvalue weighted by Crippen LogP contribution is 2.19. The van der Waals surface area contributed by atoms with Crippen LogP contribution in [0.1, 0.15) is 31.2 Å². The summed E-state index contributed by atoms with van der Waals surface area (Å²) >= 11 is 0. The Morgan fingerprint density at radius 2 is 1.95 bits per heavy atom. The summed E-state index contributed by atoms with van der Waals surface area (Å²) in [4.78, 5) is 0. The summed E-state index contributed by atoms with van der Waals surface area (Å²) in [5, 5.41) is 8.78. The van der Waals surface area contributed by atoms with Crippen molar-refractivity contribution < 1.29 is 19.1 Å². The third-order valence-corrected chi connectivity index (χ3v) is 4.52. The summed E-state index contributed by atoms with van der Waals surface area (Å²) in [6.07, 6.45) is 4.04. The van der Waals surface area contributed by atoms with E-state index in [1.807, 2.05) is 5.48 Å². The predicted molar refractivity (Wildman–Crippen MR) is 73.5 cm³/mol. The second-order valence-electron chi connectivity index (χ2n) is 4.67. The van der Waals surface area contributed by atoms with Crippen LogP contribution >= 0.6 is 0 Å². The fourth-order valence-corrected chi connectivity index (χ4v) is 3.73. The van der Waals surface area contributed by atoms with Gasteiger partial charge in [0.1, 0.15) is 0 Å². The first-order chi connectivity index (χ1) is 8.59. The molecule has 0 heterocycles. The normalized spacial score (nSPS) is 16.1. The molecule has 0 aliphatic heterocycles. The van der Waals surface area contributed by atoms with Crippen LogP contribution in [-0.4, -0.2) is 25.1 Å². The second kappa shape index (κ2) is 6.85. The smallest absolute Gasteiger partial charge is 0.216 e. The molecule has 1 fully saturated rings. The molecule has 1 aromatic carbocycles. The zero-order valence-corrected chi connectivity index (χ0v) is 11.4. The predicted octanol–water partition coefficient (Wildman–Crippen LogP) is 1.02. The minimum Gasteiger partial charge on any atom is -0.412 e. The van der Waals surface area contributed by atoms with Gasteiger partial charge in [0.25, 0.3) is 0 Å². The molecule has 1 saturated carbocycles. The summed E-state index contributed by atoms with van der Waals surface area (Å²) in [7, 11) is -3.30. The van der Waals surface area contributed by atoms with Gasteiger partial charge in [0.2, 0.25) is 10.0 Å². The van der Waals surface area contributed by atoms with E-state index in [0.29, 0.717) is 11.3 Å². The summed E-state index contributed by atoms with van der Waals surface area (Å²) < 4.78 is 26.7. The Morgan fingerprint density at radius 3 is 2.58 bits per heavy atom. The van der Waals surface area contributed by atoms with Crippen LogP contribution in [0, 0.1) is 0 Å². The summed E-state index contributed by atoms with van der Waals surface area (Å²) in [6, 6.07) is 6.82. The zero-order chi connectivity index (χ0) is 13.0. The number of anilines is 1. The Hall–Kier alpha value is -1.15. The lowest BCUT2D eigenvalue weighted by Gasteiger charge is -2.12. The Kier molecular flexibility index (Phi) is 5.74. The first-order valence-corrected chi connectivity index (χ1v) is 7.73. The monoisotopic (exact) mass is 288 g/mol. The Bertz CT molecular complexity index is 498. The van der Waals surface area contributed by atoms with Crippen molar-refractivity contribution in [3.05, 3.63) is 29.8 Å². The minimum atomic E-state index is -3.30. The van der Waals surface area contributed by atoms with Crippen LogP contribution in [0.3, 0.4) is 0 Å². The van der Waals surface area contributed by atoms with E-state index in [4.69, 9.17) is 5.21 Å². The largest absolute Gasteiger partial charge is 0.412 e. The Balaban J connectivity index is 0.00000180.